The molecule has 3 aromatic rings. The highest BCUT2D eigenvalue weighted by atomic mass is 31.2. The predicted octanol–water partition coefficient (Wildman–Crippen LogP) is 1.88. The quantitative estimate of drug-likeness (QED) is 0.209. The lowest BCUT2D eigenvalue weighted by molar-refractivity contribution is -0.144. The lowest BCUT2D eigenvalue weighted by Crippen LogP contribution is -2.41. The number of rotatable bonds is 11. The van der Waals surface area contributed by atoms with Gasteiger partial charge in [0, 0.05) is 6.07 Å². The number of nitrogen functional groups attached to an aromatic ring is 1. The number of alkyl halides is 1. The van der Waals surface area contributed by atoms with E-state index in [1.807, 2.05) is 0 Å². The number of methoxy groups -OCH3 is 1. The third kappa shape index (κ3) is 5.65. The number of hydrogen-bond acceptors (Lipinski definition) is 14. The largest absolute Gasteiger partial charge is 0.479 e. The third-order valence-electron chi connectivity index (χ3n) is 6.54. The first-order chi connectivity index (χ1) is 20.0. The molecular formula is C24H30FN6O10P. The molecule has 4 N–H and O–H groups in total. The number of carbonyl (C=O) groups excluding carboxylic acids is 1. The number of ether oxygens (including phenoxy) is 5. The van der Waals surface area contributed by atoms with Gasteiger partial charge >= 0.3 is 13.7 Å². The van der Waals surface area contributed by atoms with E-state index in [4.69, 9.17) is 38.5 Å². The second kappa shape index (κ2) is 11.5. The number of halogens is 1. The molecule has 2 aliphatic heterocycles. The molecule has 42 heavy (non-hydrogen) atoms. The number of hydrogen-bond donors (Lipinski definition) is 3. The Kier molecular flexibility index (Phi) is 8.13. The van der Waals surface area contributed by atoms with E-state index in [1.165, 1.54) is 37.1 Å². The van der Waals surface area contributed by atoms with Crippen molar-refractivity contribution in [2.24, 2.45) is 0 Å². The number of aliphatic hydroxyl groups excluding tert-OH is 1. The fourth-order valence-electron chi connectivity index (χ4n) is 4.46. The highest BCUT2D eigenvalue weighted by molar-refractivity contribution is 7.52. The van der Waals surface area contributed by atoms with Crippen LogP contribution in [-0.4, -0.2) is 81.6 Å². The van der Waals surface area contributed by atoms with E-state index in [2.05, 4.69) is 20.0 Å². The van der Waals surface area contributed by atoms with E-state index in [0.717, 1.165) is 6.92 Å². The number of nitrogens with zero attached hydrogens (tertiary/aromatic N) is 4. The van der Waals surface area contributed by atoms with Gasteiger partial charge in [0.2, 0.25) is 18.6 Å². The van der Waals surface area contributed by atoms with Crippen LogP contribution in [0.25, 0.3) is 11.2 Å². The van der Waals surface area contributed by atoms with Crippen molar-refractivity contribution in [1.82, 2.24) is 24.6 Å². The maximum absolute atomic E-state index is 16.0. The average molecular weight is 613 g/mol. The van der Waals surface area contributed by atoms with Crippen molar-refractivity contribution in [2.75, 3.05) is 32.9 Å². The van der Waals surface area contributed by atoms with Gasteiger partial charge in [0.05, 0.1) is 26.7 Å². The van der Waals surface area contributed by atoms with Crippen LogP contribution in [0.5, 0.6) is 23.1 Å². The first kappa shape index (κ1) is 29.7. The lowest BCUT2D eigenvalue weighted by atomic mass is 9.98. The Labute approximate surface area is 238 Å². The number of imidazole rings is 1. The monoisotopic (exact) mass is 612 g/mol. The summed E-state index contributed by atoms with van der Waals surface area (Å²) in [5, 5.41) is 13.4. The Morgan fingerprint density at radius 3 is 2.86 bits per heavy atom. The van der Waals surface area contributed by atoms with E-state index in [-0.39, 0.29) is 42.1 Å². The Bertz CT molecular complexity index is 1520. The zero-order valence-corrected chi connectivity index (χ0v) is 23.9. The second-order valence-electron chi connectivity index (χ2n) is 9.54. The van der Waals surface area contributed by atoms with Gasteiger partial charge in [0.1, 0.15) is 24.0 Å². The van der Waals surface area contributed by atoms with Crippen molar-refractivity contribution in [2.45, 2.75) is 50.9 Å². The van der Waals surface area contributed by atoms with Gasteiger partial charge in [0.15, 0.2) is 34.6 Å². The summed E-state index contributed by atoms with van der Waals surface area (Å²) < 4.78 is 69.0. The number of esters is 1. The van der Waals surface area contributed by atoms with Crippen LogP contribution < -0.4 is 29.6 Å². The molecule has 228 valence electrons. The van der Waals surface area contributed by atoms with Crippen LogP contribution in [0.4, 0.5) is 10.3 Å². The Hall–Kier alpha value is -3.76. The van der Waals surface area contributed by atoms with Crippen LogP contribution in [0.15, 0.2) is 24.5 Å². The van der Waals surface area contributed by atoms with Crippen molar-refractivity contribution in [3.8, 4) is 23.1 Å². The van der Waals surface area contributed by atoms with Gasteiger partial charge in [0.25, 0.3) is 0 Å². The van der Waals surface area contributed by atoms with Crippen LogP contribution >= 0.6 is 7.75 Å². The number of nitrogens with two attached hydrogens (primary N) is 1. The van der Waals surface area contributed by atoms with Crippen LogP contribution in [0.2, 0.25) is 0 Å². The summed E-state index contributed by atoms with van der Waals surface area (Å²) in [5.74, 6) is 0.0633. The number of fused-ring (bicyclic) bond motifs is 2. The molecule has 0 radical (unpaired) electrons. The molecule has 5 rings (SSSR count). The summed E-state index contributed by atoms with van der Waals surface area (Å²) >= 11 is 0. The van der Waals surface area contributed by atoms with Gasteiger partial charge in [-0.3, -0.25) is 13.9 Å². The summed E-state index contributed by atoms with van der Waals surface area (Å²) in [5.41, 5.74) is 3.66. The summed E-state index contributed by atoms with van der Waals surface area (Å²) in [6.45, 7) is 3.62. The minimum Gasteiger partial charge on any atom is -0.479 e. The average Bonchev–Trinajstić information content (AvgIpc) is 3.63. The van der Waals surface area contributed by atoms with E-state index in [9.17, 15) is 14.5 Å². The molecule has 18 heteroatoms. The van der Waals surface area contributed by atoms with Gasteiger partial charge in [-0.15, -0.1) is 0 Å². The summed E-state index contributed by atoms with van der Waals surface area (Å²) in [4.78, 5) is 24.5. The highest BCUT2D eigenvalue weighted by Gasteiger charge is 2.56. The van der Waals surface area contributed by atoms with Gasteiger partial charge in [-0.05, 0) is 32.9 Å². The fourth-order valence-corrected chi connectivity index (χ4v) is 5.96. The van der Waals surface area contributed by atoms with Crippen molar-refractivity contribution in [3.63, 3.8) is 0 Å². The minimum atomic E-state index is -4.39. The standard InChI is InChI=1S/C24H30FN6O10P/c1-5-36-21(33)12(2)30-42(34,41-13-6-7-14-15(8-13)38-11-37-14)39-9-16-18(32)24(3,25)22(40-16)31-10-27-17-19(31)28-23(26)29-20(17)35-4/h6-8,10,12,16,18,22,32H,5,9,11H2,1-4H3,(H,30,34)(H2,26,28,29)/t12-,16+,18+,22+,24+,42-/m0/s1. The van der Waals surface area contributed by atoms with E-state index < -0.39 is 50.5 Å². The molecule has 16 nitrogen and oxygen atoms in total. The fraction of sp³-hybridized carbons (Fsp3) is 0.500. The topological polar surface area (TPSA) is 201 Å². The molecule has 2 aliphatic rings. The molecule has 1 fully saturated rings. The first-order valence-electron chi connectivity index (χ1n) is 12.8. The molecule has 4 heterocycles. The molecule has 0 spiro atoms. The SMILES string of the molecule is CCOC(=O)[C@H](C)N[P@](=O)(OC[C@H]1O[C@@H](n2cnc3c(OC)nc(N)nc32)[C@](C)(F)[C@@H]1O)Oc1ccc2c(c1)OCO2. The second-order valence-corrected chi connectivity index (χ2v) is 11.2. The van der Waals surface area contributed by atoms with E-state index >= 15 is 4.39 Å². The van der Waals surface area contributed by atoms with Crippen LogP contribution in [-0.2, 0) is 23.4 Å². The van der Waals surface area contributed by atoms with Crippen LogP contribution in [0.1, 0.15) is 27.0 Å². The molecule has 0 amide bonds. The number of carbonyl (C=O) groups is 1. The lowest BCUT2D eigenvalue weighted by Gasteiger charge is -2.25. The molecule has 0 bridgehead atoms. The maximum atomic E-state index is 16.0. The van der Waals surface area contributed by atoms with Crippen molar-refractivity contribution < 1.29 is 51.6 Å². The zero-order valence-electron chi connectivity index (χ0n) is 23.1. The number of aromatic nitrogens is 4. The molecule has 6 atom stereocenters. The zero-order chi connectivity index (χ0) is 30.2. The normalized spacial score (nSPS) is 25.2. The van der Waals surface area contributed by atoms with Crippen LogP contribution in [0, 0.1) is 0 Å². The molecule has 1 aromatic carbocycles. The van der Waals surface area contributed by atoms with Gasteiger partial charge in [-0.2, -0.15) is 15.1 Å². The number of benzene rings is 1. The third-order valence-corrected chi connectivity index (χ3v) is 8.18. The van der Waals surface area contributed by atoms with E-state index in [0.29, 0.717) is 11.5 Å². The molecule has 1 saturated heterocycles. The number of anilines is 1. The molecule has 0 aliphatic carbocycles. The van der Waals surface area contributed by atoms with Gasteiger partial charge < -0.3 is 39.0 Å². The first-order valence-corrected chi connectivity index (χ1v) is 14.3. The molecule has 0 saturated carbocycles. The Balaban J connectivity index is 1.38. The molecular weight excluding hydrogens is 582 g/mol. The van der Waals surface area contributed by atoms with Crippen LogP contribution in [0.3, 0.4) is 0 Å². The summed E-state index contributed by atoms with van der Waals surface area (Å²) in [6.07, 6.45) is -3.32. The molecule has 2 aromatic heterocycles. The predicted molar refractivity (Wildman–Crippen MR) is 142 cm³/mol. The Morgan fingerprint density at radius 1 is 1.36 bits per heavy atom. The molecule has 0 unspecified atom stereocenters. The van der Waals surface area contributed by atoms with Crippen molar-refractivity contribution in [1.29, 1.82) is 0 Å². The highest BCUT2D eigenvalue weighted by Crippen LogP contribution is 2.49. The minimum absolute atomic E-state index is 0.00275. The van der Waals surface area contributed by atoms with Crippen molar-refractivity contribution >= 4 is 30.8 Å². The summed E-state index contributed by atoms with van der Waals surface area (Å²) in [7, 11) is -3.03. The Morgan fingerprint density at radius 2 is 2.12 bits per heavy atom. The van der Waals surface area contributed by atoms with Gasteiger partial charge in [-0.25, -0.2) is 13.9 Å². The number of aliphatic hydroxyl groups is 1. The van der Waals surface area contributed by atoms with E-state index in [1.54, 1.807) is 13.0 Å². The van der Waals surface area contributed by atoms with Crippen molar-refractivity contribution in [3.05, 3.63) is 24.5 Å². The maximum Gasteiger partial charge on any atom is 0.459 e. The summed E-state index contributed by atoms with van der Waals surface area (Å²) in [6, 6.07) is 3.30. The smallest absolute Gasteiger partial charge is 0.459 e. The van der Waals surface area contributed by atoms with Gasteiger partial charge in [-0.1, -0.05) is 0 Å². The number of nitrogens with one attached hydrogen (secondary N) is 1.